The van der Waals surface area contributed by atoms with Gasteiger partial charge in [0.25, 0.3) is 5.91 Å². The molecule has 0 aliphatic carbocycles. The molecule has 1 fully saturated rings. The first-order valence-electron chi connectivity index (χ1n) is 12.9. The normalized spacial score (nSPS) is 18.3. The molecule has 3 N–H and O–H groups in total. The third-order valence-electron chi connectivity index (χ3n) is 7.28. The molecule has 1 saturated heterocycles. The zero-order valence-electron chi connectivity index (χ0n) is 22.0. The van der Waals surface area contributed by atoms with Gasteiger partial charge in [-0.2, -0.15) is 0 Å². The van der Waals surface area contributed by atoms with E-state index in [1.165, 1.54) is 6.08 Å². The molecule has 9 heteroatoms. The molecule has 0 radical (unpaired) electrons. The van der Waals surface area contributed by atoms with Gasteiger partial charge in [0.15, 0.2) is 5.75 Å². The van der Waals surface area contributed by atoms with Crippen LogP contribution in [0.5, 0.6) is 5.75 Å². The van der Waals surface area contributed by atoms with Crippen molar-refractivity contribution in [1.82, 2.24) is 20.2 Å². The summed E-state index contributed by atoms with van der Waals surface area (Å²) in [5.41, 5.74) is 4.13. The van der Waals surface area contributed by atoms with Crippen LogP contribution in [0.3, 0.4) is 0 Å². The number of para-hydroxylation sites is 1. The number of aromatic nitrogens is 2. The van der Waals surface area contributed by atoms with E-state index in [-0.39, 0.29) is 11.8 Å². The lowest BCUT2D eigenvalue weighted by molar-refractivity contribution is -0.131. The number of carbonyl (C=O) groups is 2. The van der Waals surface area contributed by atoms with Crippen LogP contribution in [-0.4, -0.2) is 52.4 Å². The fourth-order valence-corrected chi connectivity index (χ4v) is 5.54. The Morgan fingerprint density at radius 2 is 2.18 bits per heavy atom. The Kier molecular flexibility index (Phi) is 7.36. The number of hydrogen-bond acceptors (Lipinski definition) is 5. The minimum absolute atomic E-state index is 0.122. The van der Waals surface area contributed by atoms with Crippen LogP contribution in [0, 0.1) is 11.8 Å². The standard InChI is InChI=1S/C30H30ClN5O3/c1-4-24(37)36-17-6-5-13-30(36,2)14-10-19-18-32-15-11-20(19)26-27(25-22(34-26)12-16-33-29(25)38)35-23-9-7-8-21(31)28(23)39-3/h4,7-9,11,15,18,34-35H,1,5-6,12-13,16-17H2,2-3H3,(H,33,38)/t30-/m1/s1. The second kappa shape index (κ2) is 10.9. The van der Waals surface area contributed by atoms with Crippen LogP contribution in [-0.2, 0) is 11.2 Å². The zero-order chi connectivity index (χ0) is 27.6. The first-order chi connectivity index (χ1) is 18.9. The van der Waals surface area contributed by atoms with E-state index in [1.807, 2.05) is 25.1 Å². The highest BCUT2D eigenvalue weighted by molar-refractivity contribution is 6.32. The number of carbonyl (C=O) groups excluding carboxylic acids is 2. The number of likely N-dealkylation sites (tertiary alicyclic amines) is 1. The van der Waals surface area contributed by atoms with Gasteiger partial charge >= 0.3 is 0 Å². The van der Waals surface area contributed by atoms with E-state index in [0.717, 1.165) is 30.5 Å². The van der Waals surface area contributed by atoms with Crippen molar-refractivity contribution in [3.8, 4) is 28.8 Å². The summed E-state index contributed by atoms with van der Waals surface area (Å²) in [6.45, 7) is 6.84. The minimum Gasteiger partial charge on any atom is -0.493 e. The third kappa shape index (κ3) is 4.98. The first kappa shape index (κ1) is 26.4. The van der Waals surface area contributed by atoms with Crippen molar-refractivity contribution in [3.63, 3.8) is 0 Å². The predicted octanol–water partition coefficient (Wildman–Crippen LogP) is 5.08. The summed E-state index contributed by atoms with van der Waals surface area (Å²) < 4.78 is 5.54. The highest BCUT2D eigenvalue weighted by Gasteiger charge is 2.35. The van der Waals surface area contributed by atoms with E-state index >= 15 is 0 Å². The number of fused-ring (bicyclic) bond motifs is 1. The van der Waals surface area contributed by atoms with Crippen molar-refractivity contribution >= 4 is 34.8 Å². The molecular weight excluding hydrogens is 514 g/mol. The molecule has 0 spiro atoms. The number of anilines is 2. The number of nitrogens with zero attached hydrogens (tertiary/aromatic N) is 2. The van der Waals surface area contributed by atoms with Crippen LogP contribution in [0.1, 0.15) is 47.8 Å². The van der Waals surface area contributed by atoms with Gasteiger partial charge in [-0.05, 0) is 50.5 Å². The van der Waals surface area contributed by atoms with Crippen LogP contribution in [0.2, 0.25) is 5.02 Å². The Bertz CT molecular complexity index is 1520. The monoisotopic (exact) mass is 543 g/mol. The van der Waals surface area contributed by atoms with E-state index < -0.39 is 5.54 Å². The number of ether oxygens (including phenoxy) is 1. The second-order valence-electron chi connectivity index (χ2n) is 9.78. The Morgan fingerprint density at radius 1 is 1.33 bits per heavy atom. The average molecular weight is 544 g/mol. The number of halogens is 1. The SMILES string of the molecule is C=CC(=O)N1CCCC[C@]1(C)C#Cc1cnccc1-c1[nH]c2c(c1Nc1cccc(Cl)c1OC)C(=O)NCC2. The minimum atomic E-state index is -0.624. The van der Waals surface area contributed by atoms with Crippen molar-refractivity contribution < 1.29 is 14.3 Å². The molecule has 39 heavy (non-hydrogen) atoms. The molecule has 8 nitrogen and oxygen atoms in total. The quantitative estimate of drug-likeness (QED) is 0.308. The number of piperidine rings is 1. The average Bonchev–Trinajstić information content (AvgIpc) is 3.31. The van der Waals surface area contributed by atoms with Gasteiger partial charge in [-0.1, -0.05) is 36.1 Å². The van der Waals surface area contributed by atoms with Gasteiger partial charge < -0.3 is 25.3 Å². The number of benzene rings is 1. The maximum absolute atomic E-state index is 13.0. The summed E-state index contributed by atoms with van der Waals surface area (Å²) in [5.74, 6) is 6.87. The molecule has 2 aromatic heterocycles. The van der Waals surface area contributed by atoms with Crippen molar-refractivity contribution in [1.29, 1.82) is 0 Å². The number of amides is 2. The smallest absolute Gasteiger partial charge is 0.255 e. The number of hydrogen-bond donors (Lipinski definition) is 3. The van der Waals surface area contributed by atoms with E-state index in [0.29, 0.717) is 58.5 Å². The summed E-state index contributed by atoms with van der Waals surface area (Å²) in [7, 11) is 1.55. The highest BCUT2D eigenvalue weighted by atomic mass is 35.5. The lowest BCUT2D eigenvalue weighted by atomic mass is 9.88. The number of aromatic amines is 1. The van der Waals surface area contributed by atoms with Crippen LogP contribution in [0.4, 0.5) is 11.4 Å². The maximum atomic E-state index is 13.0. The summed E-state index contributed by atoms with van der Waals surface area (Å²) in [6.07, 6.45) is 8.10. The van der Waals surface area contributed by atoms with Crippen LogP contribution in [0.25, 0.3) is 11.3 Å². The van der Waals surface area contributed by atoms with Crippen molar-refractivity contribution in [2.45, 2.75) is 38.1 Å². The van der Waals surface area contributed by atoms with Crippen molar-refractivity contribution in [3.05, 3.63) is 71.2 Å². The van der Waals surface area contributed by atoms with Crippen LogP contribution < -0.4 is 15.4 Å². The van der Waals surface area contributed by atoms with Crippen LogP contribution >= 0.6 is 11.6 Å². The summed E-state index contributed by atoms with van der Waals surface area (Å²) in [6, 6.07) is 7.28. The molecular formula is C30H30ClN5O3. The van der Waals surface area contributed by atoms with Gasteiger partial charge in [-0.15, -0.1) is 0 Å². The zero-order valence-corrected chi connectivity index (χ0v) is 22.7. The molecule has 2 aliphatic rings. The predicted molar refractivity (Wildman–Crippen MR) is 152 cm³/mol. The maximum Gasteiger partial charge on any atom is 0.255 e. The van der Waals surface area contributed by atoms with Gasteiger partial charge in [0.2, 0.25) is 5.91 Å². The van der Waals surface area contributed by atoms with E-state index in [1.54, 1.807) is 30.5 Å². The summed E-state index contributed by atoms with van der Waals surface area (Å²) in [5, 5.41) is 6.79. The number of methoxy groups -OCH3 is 1. The molecule has 0 unspecified atom stereocenters. The van der Waals surface area contributed by atoms with Gasteiger partial charge in [-0.3, -0.25) is 14.6 Å². The van der Waals surface area contributed by atoms with Gasteiger partial charge in [0.1, 0.15) is 5.54 Å². The van der Waals surface area contributed by atoms with E-state index in [4.69, 9.17) is 16.3 Å². The molecule has 1 atom stereocenters. The number of nitrogens with one attached hydrogen (secondary N) is 3. The molecule has 4 heterocycles. The second-order valence-corrected chi connectivity index (χ2v) is 10.2. The fourth-order valence-electron chi connectivity index (χ4n) is 5.28. The number of H-pyrrole nitrogens is 1. The molecule has 5 rings (SSSR count). The number of pyridine rings is 1. The molecule has 3 aromatic rings. The summed E-state index contributed by atoms with van der Waals surface area (Å²) in [4.78, 5) is 35.2. The molecule has 2 amide bonds. The molecule has 0 bridgehead atoms. The molecule has 1 aromatic carbocycles. The first-order valence-corrected chi connectivity index (χ1v) is 13.3. The van der Waals surface area contributed by atoms with E-state index in [9.17, 15) is 9.59 Å². The van der Waals surface area contributed by atoms with Crippen molar-refractivity contribution in [2.75, 3.05) is 25.5 Å². The molecule has 2 aliphatic heterocycles. The Morgan fingerprint density at radius 3 is 2.97 bits per heavy atom. The van der Waals surface area contributed by atoms with Crippen LogP contribution in [0.15, 0.2) is 49.3 Å². The Balaban J connectivity index is 1.63. The molecule has 0 saturated carbocycles. The van der Waals surface area contributed by atoms with Crippen molar-refractivity contribution in [2.24, 2.45) is 0 Å². The van der Waals surface area contributed by atoms with Gasteiger partial charge in [-0.25, -0.2) is 0 Å². The lowest BCUT2D eigenvalue weighted by Gasteiger charge is -2.40. The lowest BCUT2D eigenvalue weighted by Crippen LogP contribution is -2.51. The third-order valence-corrected chi connectivity index (χ3v) is 7.58. The van der Waals surface area contributed by atoms with Gasteiger partial charge in [0, 0.05) is 43.2 Å². The number of rotatable bonds is 5. The highest BCUT2D eigenvalue weighted by Crippen LogP contribution is 2.41. The van der Waals surface area contributed by atoms with Gasteiger partial charge in [0.05, 0.1) is 40.3 Å². The molecule has 200 valence electrons. The largest absolute Gasteiger partial charge is 0.493 e. The Hall–Kier alpha value is -4.22. The fraction of sp³-hybridized carbons (Fsp3) is 0.300. The summed E-state index contributed by atoms with van der Waals surface area (Å²) >= 11 is 6.38. The van der Waals surface area contributed by atoms with E-state index in [2.05, 4.69) is 39.0 Å². The Labute approximate surface area is 232 Å². The topological polar surface area (TPSA) is 99.3 Å².